The van der Waals surface area contributed by atoms with Crippen molar-refractivity contribution >= 4 is 17.9 Å². The predicted molar refractivity (Wildman–Crippen MR) is 109 cm³/mol. The summed E-state index contributed by atoms with van der Waals surface area (Å²) in [7, 11) is 1.62. The summed E-state index contributed by atoms with van der Waals surface area (Å²) in [5.74, 6) is 2.80. The van der Waals surface area contributed by atoms with Gasteiger partial charge in [0.25, 0.3) is 0 Å². The molecule has 0 saturated heterocycles. The zero-order valence-electron chi connectivity index (χ0n) is 16.7. The second kappa shape index (κ2) is 7.61. The molecule has 28 heavy (non-hydrogen) atoms. The first-order valence-corrected chi connectivity index (χ1v) is 10.4. The standard InChI is InChI=1S/C23H30N2O3/c1-15(24-21(26)8-5-16-3-6-20(28-2)7-4-16)22(27)25-23-12-17-9-18(13-23)11-19(10-17)14-23/h3-8,15,17-19H,9-14H2,1-2H3,(H,24,26)(H,25,27). The highest BCUT2D eigenvalue weighted by Crippen LogP contribution is 2.55. The number of carbonyl (C=O) groups excluding carboxylic acids is 2. The van der Waals surface area contributed by atoms with Crippen LogP contribution in [0.15, 0.2) is 30.3 Å². The molecule has 2 N–H and O–H groups in total. The van der Waals surface area contributed by atoms with Crippen molar-refractivity contribution in [3.63, 3.8) is 0 Å². The van der Waals surface area contributed by atoms with Gasteiger partial charge in [-0.1, -0.05) is 12.1 Å². The molecule has 0 radical (unpaired) electrons. The van der Waals surface area contributed by atoms with E-state index in [4.69, 9.17) is 4.74 Å². The van der Waals surface area contributed by atoms with Crippen LogP contribution in [0.1, 0.15) is 51.0 Å². The predicted octanol–water partition coefficient (Wildman–Crippen LogP) is 3.30. The van der Waals surface area contributed by atoms with E-state index in [9.17, 15) is 9.59 Å². The molecule has 1 atom stereocenters. The lowest BCUT2D eigenvalue weighted by Crippen LogP contribution is -2.62. The van der Waals surface area contributed by atoms with E-state index in [1.807, 2.05) is 24.3 Å². The van der Waals surface area contributed by atoms with Crippen LogP contribution >= 0.6 is 0 Å². The van der Waals surface area contributed by atoms with Crippen LogP contribution in [0.25, 0.3) is 6.08 Å². The van der Waals surface area contributed by atoms with Crippen LogP contribution in [0.4, 0.5) is 0 Å². The zero-order valence-corrected chi connectivity index (χ0v) is 16.7. The molecule has 1 aromatic rings. The number of hydrogen-bond donors (Lipinski definition) is 2. The van der Waals surface area contributed by atoms with Crippen LogP contribution in [-0.4, -0.2) is 30.5 Å². The van der Waals surface area contributed by atoms with Gasteiger partial charge < -0.3 is 15.4 Å². The van der Waals surface area contributed by atoms with Crippen molar-refractivity contribution in [3.8, 4) is 5.75 Å². The quantitative estimate of drug-likeness (QED) is 0.742. The number of benzene rings is 1. The Morgan fingerprint density at radius 1 is 1.07 bits per heavy atom. The van der Waals surface area contributed by atoms with Crippen LogP contribution in [0.5, 0.6) is 5.75 Å². The van der Waals surface area contributed by atoms with Gasteiger partial charge in [0.2, 0.25) is 11.8 Å². The molecule has 4 fully saturated rings. The Balaban J connectivity index is 1.30. The van der Waals surface area contributed by atoms with Gasteiger partial charge in [0.15, 0.2) is 0 Å². The molecule has 5 heteroatoms. The van der Waals surface area contributed by atoms with Gasteiger partial charge in [-0.15, -0.1) is 0 Å². The first-order chi connectivity index (χ1) is 13.4. The fraction of sp³-hybridized carbons (Fsp3) is 0.565. The molecule has 5 nitrogen and oxygen atoms in total. The van der Waals surface area contributed by atoms with Crippen LogP contribution in [0, 0.1) is 17.8 Å². The third-order valence-corrected chi connectivity index (χ3v) is 6.72. The van der Waals surface area contributed by atoms with E-state index in [0.717, 1.165) is 48.3 Å². The van der Waals surface area contributed by atoms with E-state index in [1.54, 1.807) is 20.1 Å². The van der Waals surface area contributed by atoms with Crippen LogP contribution in [0.3, 0.4) is 0 Å². The Kier molecular flexibility index (Phi) is 5.17. The van der Waals surface area contributed by atoms with Gasteiger partial charge in [-0.25, -0.2) is 0 Å². The van der Waals surface area contributed by atoms with Gasteiger partial charge in [0.1, 0.15) is 11.8 Å². The highest BCUT2D eigenvalue weighted by Gasteiger charge is 2.51. The van der Waals surface area contributed by atoms with Gasteiger partial charge in [-0.05, 0) is 87.0 Å². The van der Waals surface area contributed by atoms with Crippen LogP contribution in [-0.2, 0) is 9.59 Å². The van der Waals surface area contributed by atoms with E-state index in [2.05, 4.69) is 10.6 Å². The first kappa shape index (κ1) is 19.0. The number of ether oxygens (including phenoxy) is 1. The number of carbonyl (C=O) groups is 2. The summed E-state index contributed by atoms with van der Waals surface area (Å²) in [5, 5.41) is 6.12. The maximum absolute atomic E-state index is 12.7. The number of methoxy groups -OCH3 is 1. The summed E-state index contributed by atoms with van der Waals surface area (Å²) in [6.07, 6.45) is 10.6. The lowest BCUT2D eigenvalue weighted by atomic mass is 9.53. The molecular formula is C23H30N2O3. The smallest absolute Gasteiger partial charge is 0.244 e. The molecule has 2 amide bonds. The van der Waals surface area contributed by atoms with Crippen molar-refractivity contribution in [2.24, 2.45) is 17.8 Å². The lowest BCUT2D eigenvalue weighted by molar-refractivity contribution is -0.131. The number of rotatable bonds is 6. The van der Waals surface area contributed by atoms with Crippen LogP contribution in [0.2, 0.25) is 0 Å². The SMILES string of the molecule is COc1ccc(C=CC(=O)NC(C)C(=O)NC23CC4CC(CC(C4)C2)C3)cc1. The second-order valence-corrected chi connectivity index (χ2v) is 9.02. The summed E-state index contributed by atoms with van der Waals surface area (Å²) in [6, 6.07) is 6.91. The summed E-state index contributed by atoms with van der Waals surface area (Å²) in [6.45, 7) is 1.76. The molecule has 150 valence electrons. The Hall–Kier alpha value is -2.30. The Morgan fingerprint density at radius 3 is 2.18 bits per heavy atom. The third kappa shape index (κ3) is 4.08. The molecule has 4 saturated carbocycles. The minimum Gasteiger partial charge on any atom is -0.497 e. The molecular weight excluding hydrogens is 352 g/mol. The fourth-order valence-corrected chi connectivity index (χ4v) is 5.85. The monoisotopic (exact) mass is 382 g/mol. The topological polar surface area (TPSA) is 67.4 Å². The second-order valence-electron chi connectivity index (χ2n) is 9.02. The Morgan fingerprint density at radius 2 is 1.64 bits per heavy atom. The van der Waals surface area contributed by atoms with Crippen molar-refractivity contribution in [1.29, 1.82) is 0 Å². The molecule has 4 bridgehead atoms. The summed E-state index contributed by atoms with van der Waals surface area (Å²) >= 11 is 0. The van der Waals surface area contributed by atoms with E-state index in [1.165, 1.54) is 25.3 Å². The fourth-order valence-electron chi connectivity index (χ4n) is 5.85. The highest BCUT2D eigenvalue weighted by atomic mass is 16.5. The number of hydrogen-bond acceptors (Lipinski definition) is 3. The van der Waals surface area contributed by atoms with Gasteiger partial charge in [-0.2, -0.15) is 0 Å². The van der Waals surface area contributed by atoms with E-state index >= 15 is 0 Å². The Bertz CT molecular complexity index is 733. The van der Waals surface area contributed by atoms with E-state index in [0.29, 0.717) is 0 Å². The molecule has 0 aromatic heterocycles. The normalized spacial score (nSPS) is 31.6. The Labute approximate surface area is 166 Å². The molecule has 5 rings (SSSR count). The maximum Gasteiger partial charge on any atom is 0.244 e. The molecule has 0 aliphatic heterocycles. The largest absolute Gasteiger partial charge is 0.497 e. The summed E-state index contributed by atoms with van der Waals surface area (Å²) < 4.78 is 5.13. The van der Waals surface area contributed by atoms with Crippen molar-refractivity contribution in [2.45, 2.75) is 57.0 Å². The summed E-state index contributed by atoms with van der Waals surface area (Å²) in [4.78, 5) is 25.0. The average molecular weight is 383 g/mol. The molecule has 0 heterocycles. The number of amides is 2. The molecule has 1 unspecified atom stereocenters. The highest BCUT2D eigenvalue weighted by molar-refractivity contribution is 5.95. The van der Waals surface area contributed by atoms with Crippen molar-refractivity contribution in [2.75, 3.05) is 7.11 Å². The van der Waals surface area contributed by atoms with Gasteiger partial charge >= 0.3 is 0 Å². The molecule has 4 aliphatic rings. The lowest BCUT2D eigenvalue weighted by Gasteiger charge is -2.57. The molecule has 1 aromatic carbocycles. The third-order valence-electron chi connectivity index (χ3n) is 6.72. The average Bonchev–Trinajstić information content (AvgIpc) is 2.65. The number of nitrogens with one attached hydrogen (secondary N) is 2. The van der Waals surface area contributed by atoms with Crippen molar-refractivity contribution in [1.82, 2.24) is 10.6 Å². The van der Waals surface area contributed by atoms with Gasteiger partial charge in [0, 0.05) is 11.6 Å². The van der Waals surface area contributed by atoms with E-state index in [-0.39, 0.29) is 17.4 Å². The zero-order chi connectivity index (χ0) is 19.7. The van der Waals surface area contributed by atoms with Crippen molar-refractivity contribution in [3.05, 3.63) is 35.9 Å². The van der Waals surface area contributed by atoms with Gasteiger partial charge in [-0.3, -0.25) is 9.59 Å². The minimum absolute atomic E-state index is 0.0241. The van der Waals surface area contributed by atoms with Gasteiger partial charge in [0.05, 0.1) is 7.11 Å². The van der Waals surface area contributed by atoms with Crippen LogP contribution < -0.4 is 15.4 Å². The van der Waals surface area contributed by atoms with Crippen molar-refractivity contribution < 1.29 is 14.3 Å². The maximum atomic E-state index is 12.7. The minimum atomic E-state index is -0.541. The summed E-state index contributed by atoms with van der Waals surface area (Å²) in [5.41, 5.74) is 0.880. The molecule has 4 aliphatic carbocycles. The first-order valence-electron chi connectivity index (χ1n) is 10.4. The molecule has 0 spiro atoms. The van der Waals surface area contributed by atoms with E-state index < -0.39 is 6.04 Å².